The van der Waals surface area contributed by atoms with E-state index in [0.717, 1.165) is 34.0 Å². The van der Waals surface area contributed by atoms with Gasteiger partial charge in [-0.2, -0.15) is 0 Å². The third kappa shape index (κ3) is 3.26. The molecular weight excluding hydrogens is 300 g/mol. The second-order valence-corrected chi connectivity index (χ2v) is 5.70. The van der Waals surface area contributed by atoms with Crippen LogP contribution in [0.3, 0.4) is 0 Å². The fourth-order valence-electron chi connectivity index (χ4n) is 2.36. The molecule has 4 heteroatoms. The van der Waals surface area contributed by atoms with Gasteiger partial charge in [0.05, 0.1) is 5.69 Å². The van der Waals surface area contributed by atoms with E-state index in [2.05, 4.69) is 33.8 Å². The van der Waals surface area contributed by atoms with Gasteiger partial charge >= 0.3 is 0 Å². The maximum Gasteiger partial charge on any atom is 0.177 e. The molecule has 0 saturated carbocycles. The molecule has 0 atom stereocenters. The Labute approximate surface area is 134 Å². The predicted octanol–water partition coefficient (Wildman–Crippen LogP) is 5.11. The van der Waals surface area contributed by atoms with Crippen molar-refractivity contribution in [2.45, 2.75) is 13.0 Å². The molecule has 0 aliphatic rings. The van der Waals surface area contributed by atoms with Crippen molar-refractivity contribution in [1.29, 1.82) is 0 Å². The molecule has 3 aromatic rings. The van der Waals surface area contributed by atoms with Crippen LogP contribution in [-0.2, 0) is 13.0 Å². The fraction of sp³-hybridized carbons (Fsp3) is 0.118. The van der Waals surface area contributed by atoms with Gasteiger partial charge in [-0.25, -0.2) is 0 Å². The summed E-state index contributed by atoms with van der Waals surface area (Å²) in [6, 6.07) is 18.3. The monoisotopic (exact) mass is 314 g/mol. The summed E-state index contributed by atoms with van der Waals surface area (Å²) in [6.45, 7) is 0.851. The lowest BCUT2D eigenvalue weighted by molar-refractivity contribution is 0.693. The Kier molecular flexibility index (Phi) is 4.23. The summed E-state index contributed by atoms with van der Waals surface area (Å²) < 4.78 is 2.88. The largest absolute Gasteiger partial charge is 0.337 e. The number of aryl methyl sites for hydroxylation is 1. The molecule has 0 aliphatic carbocycles. The average Bonchev–Trinajstić information content (AvgIpc) is 2.88. The Morgan fingerprint density at radius 2 is 1.71 bits per heavy atom. The Morgan fingerprint density at radius 3 is 2.43 bits per heavy atom. The number of nitrogens with zero attached hydrogens (tertiary/aromatic N) is 1. The Balaban J connectivity index is 1.87. The average molecular weight is 315 g/mol. The Bertz CT molecular complexity index is 773. The molecule has 21 heavy (non-hydrogen) atoms. The zero-order valence-electron chi connectivity index (χ0n) is 11.4. The van der Waals surface area contributed by atoms with Crippen LogP contribution in [0.5, 0.6) is 0 Å². The highest BCUT2D eigenvalue weighted by atomic mass is 35.5. The Morgan fingerprint density at radius 1 is 1.00 bits per heavy atom. The van der Waals surface area contributed by atoms with E-state index in [9.17, 15) is 0 Å². The van der Waals surface area contributed by atoms with E-state index >= 15 is 0 Å². The highest BCUT2D eigenvalue weighted by Gasteiger charge is 2.06. The number of aromatic amines is 1. The van der Waals surface area contributed by atoms with E-state index in [1.165, 1.54) is 5.56 Å². The smallest absolute Gasteiger partial charge is 0.177 e. The van der Waals surface area contributed by atoms with Crippen molar-refractivity contribution >= 4 is 23.8 Å². The molecule has 2 aromatic carbocycles. The van der Waals surface area contributed by atoms with E-state index in [0.29, 0.717) is 0 Å². The van der Waals surface area contributed by atoms with Gasteiger partial charge in [0.1, 0.15) is 0 Å². The molecule has 0 unspecified atom stereocenters. The summed E-state index contributed by atoms with van der Waals surface area (Å²) >= 11 is 11.3. The van der Waals surface area contributed by atoms with Gasteiger partial charge in [-0.1, -0.05) is 54.1 Å². The van der Waals surface area contributed by atoms with Gasteiger partial charge in [0.15, 0.2) is 4.77 Å². The minimum Gasteiger partial charge on any atom is -0.337 e. The summed E-state index contributed by atoms with van der Waals surface area (Å²) in [5.74, 6) is 0. The lowest BCUT2D eigenvalue weighted by Crippen LogP contribution is -2.03. The standard InChI is InChI=1S/C17H15ClN2S/c18-15-8-6-14(7-9-15)16-12-19-17(21)20(16)11-10-13-4-2-1-3-5-13/h1-9,12H,10-11H2,(H,19,21). The first-order valence-corrected chi connectivity index (χ1v) is 7.61. The molecule has 2 nitrogen and oxygen atoms in total. The minimum atomic E-state index is 0.740. The van der Waals surface area contributed by atoms with E-state index in [1.54, 1.807) is 0 Å². The highest BCUT2D eigenvalue weighted by molar-refractivity contribution is 7.71. The number of hydrogen-bond donors (Lipinski definition) is 1. The number of imidazole rings is 1. The van der Waals surface area contributed by atoms with Crippen molar-refractivity contribution in [2.24, 2.45) is 0 Å². The number of halogens is 1. The first-order valence-electron chi connectivity index (χ1n) is 6.82. The summed E-state index contributed by atoms with van der Waals surface area (Å²) in [6.07, 6.45) is 2.91. The van der Waals surface area contributed by atoms with Crippen molar-refractivity contribution in [3.8, 4) is 11.3 Å². The first kappa shape index (κ1) is 14.1. The van der Waals surface area contributed by atoms with Crippen LogP contribution in [0.1, 0.15) is 5.56 Å². The van der Waals surface area contributed by atoms with Gasteiger partial charge < -0.3 is 9.55 Å². The third-order valence-corrected chi connectivity index (χ3v) is 4.07. The van der Waals surface area contributed by atoms with Gasteiger partial charge in [0, 0.05) is 17.8 Å². The van der Waals surface area contributed by atoms with Crippen LogP contribution in [0, 0.1) is 4.77 Å². The van der Waals surface area contributed by atoms with Crippen LogP contribution < -0.4 is 0 Å². The van der Waals surface area contributed by atoms with Gasteiger partial charge in [-0.3, -0.25) is 0 Å². The topological polar surface area (TPSA) is 20.7 Å². The number of rotatable bonds is 4. The van der Waals surface area contributed by atoms with Crippen molar-refractivity contribution in [2.75, 3.05) is 0 Å². The van der Waals surface area contributed by atoms with Crippen LogP contribution >= 0.6 is 23.8 Å². The molecule has 0 saturated heterocycles. The number of benzene rings is 2. The molecule has 0 aliphatic heterocycles. The van der Waals surface area contributed by atoms with Gasteiger partial charge in [-0.05, 0) is 41.9 Å². The van der Waals surface area contributed by atoms with Crippen LogP contribution in [0.15, 0.2) is 60.8 Å². The normalized spacial score (nSPS) is 10.7. The maximum absolute atomic E-state index is 5.95. The second-order valence-electron chi connectivity index (χ2n) is 4.87. The summed E-state index contributed by atoms with van der Waals surface area (Å²) in [7, 11) is 0. The van der Waals surface area contributed by atoms with E-state index < -0.39 is 0 Å². The minimum absolute atomic E-state index is 0.740. The molecule has 1 N–H and O–H groups in total. The number of aromatic nitrogens is 2. The van der Waals surface area contributed by atoms with Gasteiger partial charge in [-0.15, -0.1) is 0 Å². The number of H-pyrrole nitrogens is 1. The quantitative estimate of drug-likeness (QED) is 0.664. The van der Waals surface area contributed by atoms with Crippen LogP contribution in [0.25, 0.3) is 11.3 Å². The van der Waals surface area contributed by atoms with E-state index in [4.69, 9.17) is 23.8 Å². The molecule has 0 fully saturated rings. The summed E-state index contributed by atoms with van der Waals surface area (Å²) in [5.41, 5.74) is 3.51. The predicted molar refractivity (Wildman–Crippen MR) is 90.2 cm³/mol. The summed E-state index contributed by atoms with van der Waals surface area (Å²) in [5, 5.41) is 0.740. The van der Waals surface area contributed by atoms with Crippen molar-refractivity contribution in [3.63, 3.8) is 0 Å². The SMILES string of the molecule is S=c1[nH]cc(-c2ccc(Cl)cc2)n1CCc1ccccc1. The molecule has 0 radical (unpaired) electrons. The van der Waals surface area contributed by atoms with E-state index in [-0.39, 0.29) is 0 Å². The van der Waals surface area contributed by atoms with Gasteiger partial charge in [0.2, 0.25) is 0 Å². The van der Waals surface area contributed by atoms with Gasteiger partial charge in [0.25, 0.3) is 0 Å². The molecule has 0 spiro atoms. The first-order chi connectivity index (χ1) is 10.2. The van der Waals surface area contributed by atoms with Crippen LogP contribution in [0.4, 0.5) is 0 Å². The number of nitrogens with one attached hydrogen (secondary N) is 1. The third-order valence-electron chi connectivity index (χ3n) is 3.48. The molecule has 1 heterocycles. The van der Waals surface area contributed by atoms with Crippen molar-refractivity contribution in [3.05, 3.63) is 76.2 Å². The molecule has 0 amide bonds. The second kappa shape index (κ2) is 6.29. The lowest BCUT2D eigenvalue weighted by atomic mass is 10.1. The summed E-state index contributed by atoms with van der Waals surface area (Å²) in [4.78, 5) is 3.13. The zero-order chi connectivity index (χ0) is 14.7. The molecular formula is C17H15ClN2S. The van der Waals surface area contributed by atoms with Crippen LogP contribution in [0.2, 0.25) is 5.02 Å². The zero-order valence-corrected chi connectivity index (χ0v) is 13.0. The van der Waals surface area contributed by atoms with Crippen molar-refractivity contribution in [1.82, 2.24) is 9.55 Å². The Hall–Kier alpha value is -1.84. The van der Waals surface area contributed by atoms with Crippen molar-refractivity contribution < 1.29 is 0 Å². The molecule has 1 aromatic heterocycles. The van der Waals surface area contributed by atoms with E-state index in [1.807, 2.05) is 36.5 Å². The lowest BCUT2D eigenvalue weighted by Gasteiger charge is -2.09. The molecule has 106 valence electrons. The molecule has 3 rings (SSSR count). The molecule has 0 bridgehead atoms. The number of hydrogen-bond acceptors (Lipinski definition) is 1. The highest BCUT2D eigenvalue weighted by Crippen LogP contribution is 2.22. The maximum atomic E-state index is 5.95. The fourth-order valence-corrected chi connectivity index (χ4v) is 2.74. The van der Waals surface area contributed by atoms with Crippen LogP contribution in [-0.4, -0.2) is 9.55 Å².